The van der Waals surface area contributed by atoms with E-state index in [1.165, 1.54) is 24.3 Å². The molecule has 2 aromatic carbocycles. The Morgan fingerprint density at radius 2 is 1.68 bits per heavy atom. The van der Waals surface area contributed by atoms with Crippen molar-refractivity contribution < 1.29 is 27.9 Å². The van der Waals surface area contributed by atoms with Gasteiger partial charge >= 0.3 is 5.97 Å². The van der Waals surface area contributed by atoms with E-state index in [0.29, 0.717) is 0 Å². The maximum Gasteiger partial charge on any atom is 0.341 e. The first-order valence-electron chi connectivity index (χ1n) is 6.84. The van der Waals surface area contributed by atoms with Gasteiger partial charge in [0.1, 0.15) is 11.6 Å². The molecule has 2 aromatic rings. The van der Waals surface area contributed by atoms with Gasteiger partial charge in [0.15, 0.2) is 6.61 Å². The highest BCUT2D eigenvalue weighted by Gasteiger charge is 2.16. The molecule has 25 heavy (non-hydrogen) atoms. The number of hydrazine groups is 1. The number of hydrogen-bond acceptors (Lipinski definition) is 4. The van der Waals surface area contributed by atoms with E-state index < -0.39 is 41.6 Å². The fourth-order valence-corrected chi connectivity index (χ4v) is 1.90. The molecule has 0 spiro atoms. The molecule has 0 aromatic heterocycles. The van der Waals surface area contributed by atoms with Crippen LogP contribution in [0.5, 0.6) is 0 Å². The number of rotatable bonds is 4. The number of carbonyl (C=O) groups is 3. The molecule has 0 bridgehead atoms. The molecule has 2 amide bonds. The second-order valence-electron chi connectivity index (χ2n) is 4.68. The quantitative estimate of drug-likeness (QED) is 0.640. The van der Waals surface area contributed by atoms with Crippen LogP contribution in [0.1, 0.15) is 20.7 Å². The van der Waals surface area contributed by atoms with Crippen LogP contribution in [0.25, 0.3) is 0 Å². The highest BCUT2D eigenvalue weighted by molar-refractivity contribution is 6.30. The summed E-state index contributed by atoms with van der Waals surface area (Å²) in [4.78, 5) is 34.9. The third-order valence-electron chi connectivity index (χ3n) is 2.92. The largest absolute Gasteiger partial charge is 0.452 e. The van der Waals surface area contributed by atoms with Crippen molar-refractivity contribution in [3.05, 3.63) is 70.2 Å². The van der Waals surface area contributed by atoms with E-state index in [1.54, 1.807) is 0 Å². The number of amides is 2. The van der Waals surface area contributed by atoms with Gasteiger partial charge in [-0.15, -0.1) is 0 Å². The van der Waals surface area contributed by atoms with Crippen LogP contribution < -0.4 is 10.9 Å². The highest BCUT2D eigenvalue weighted by Crippen LogP contribution is 2.15. The average Bonchev–Trinajstić information content (AvgIpc) is 2.58. The SMILES string of the molecule is O=C(COC(=O)c1ccc(Cl)cc1F)NNC(=O)c1ccccc1F. The summed E-state index contributed by atoms with van der Waals surface area (Å²) in [5.74, 6) is -4.52. The Kier molecular flexibility index (Phi) is 6.02. The van der Waals surface area contributed by atoms with Crippen LogP contribution in [0.15, 0.2) is 42.5 Å². The van der Waals surface area contributed by atoms with Crippen molar-refractivity contribution in [3.8, 4) is 0 Å². The summed E-state index contributed by atoms with van der Waals surface area (Å²) >= 11 is 5.56. The molecular weight excluding hydrogens is 358 g/mol. The Morgan fingerprint density at radius 3 is 2.36 bits per heavy atom. The van der Waals surface area contributed by atoms with Crippen molar-refractivity contribution in [1.82, 2.24) is 10.9 Å². The van der Waals surface area contributed by atoms with E-state index >= 15 is 0 Å². The van der Waals surface area contributed by atoms with Crippen LogP contribution in [0.3, 0.4) is 0 Å². The molecule has 0 saturated carbocycles. The van der Waals surface area contributed by atoms with Gasteiger partial charge in [0.25, 0.3) is 11.8 Å². The Balaban J connectivity index is 1.83. The lowest BCUT2D eigenvalue weighted by Crippen LogP contribution is -2.43. The molecule has 0 fully saturated rings. The molecule has 2 rings (SSSR count). The van der Waals surface area contributed by atoms with Gasteiger partial charge in [0.05, 0.1) is 11.1 Å². The molecule has 0 heterocycles. The van der Waals surface area contributed by atoms with Crippen molar-refractivity contribution in [1.29, 1.82) is 0 Å². The maximum atomic E-state index is 13.5. The first-order valence-corrected chi connectivity index (χ1v) is 7.22. The van der Waals surface area contributed by atoms with Gasteiger partial charge in [-0.2, -0.15) is 0 Å². The minimum absolute atomic E-state index is 0.0997. The van der Waals surface area contributed by atoms with Gasteiger partial charge < -0.3 is 4.74 Å². The van der Waals surface area contributed by atoms with E-state index in [9.17, 15) is 23.2 Å². The number of nitrogens with one attached hydrogen (secondary N) is 2. The Labute approximate surface area is 145 Å². The molecule has 2 N–H and O–H groups in total. The van der Waals surface area contributed by atoms with Gasteiger partial charge in [-0.25, -0.2) is 13.6 Å². The summed E-state index contributed by atoms with van der Waals surface area (Å²) < 4.78 is 31.5. The van der Waals surface area contributed by atoms with Crippen LogP contribution in [-0.4, -0.2) is 24.4 Å². The normalized spacial score (nSPS) is 10.0. The average molecular weight is 369 g/mol. The third kappa shape index (κ3) is 4.98. The molecule has 9 heteroatoms. The van der Waals surface area contributed by atoms with Crippen LogP contribution in [-0.2, 0) is 9.53 Å². The highest BCUT2D eigenvalue weighted by atomic mass is 35.5. The lowest BCUT2D eigenvalue weighted by atomic mass is 10.2. The summed E-state index contributed by atoms with van der Waals surface area (Å²) in [5.41, 5.74) is 3.23. The number of carbonyl (C=O) groups excluding carboxylic acids is 3. The van der Waals surface area contributed by atoms with Crippen LogP contribution in [0, 0.1) is 11.6 Å². The van der Waals surface area contributed by atoms with Crippen LogP contribution >= 0.6 is 11.6 Å². The minimum Gasteiger partial charge on any atom is -0.452 e. The number of benzene rings is 2. The summed E-state index contributed by atoms with van der Waals surface area (Å²) in [6.45, 7) is -0.779. The summed E-state index contributed by atoms with van der Waals surface area (Å²) in [6.07, 6.45) is 0. The Morgan fingerprint density at radius 1 is 0.960 bits per heavy atom. The molecule has 6 nitrogen and oxygen atoms in total. The second-order valence-corrected chi connectivity index (χ2v) is 5.12. The second kappa shape index (κ2) is 8.20. The molecule has 130 valence electrons. The zero-order chi connectivity index (χ0) is 18.4. The predicted octanol–water partition coefficient (Wildman–Crippen LogP) is 2.24. The third-order valence-corrected chi connectivity index (χ3v) is 3.15. The monoisotopic (exact) mass is 368 g/mol. The van der Waals surface area contributed by atoms with E-state index in [0.717, 1.165) is 18.2 Å². The fraction of sp³-hybridized carbons (Fsp3) is 0.0625. The van der Waals surface area contributed by atoms with Crippen molar-refractivity contribution in [2.75, 3.05) is 6.61 Å². The van der Waals surface area contributed by atoms with Gasteiger partial charge in [-0.1, -0.05) is 23.7 Å². The van der Waals surface area contributed by atoms with Crippen LogP contribution in [0.4, 0.5) is 8.78 Å². The zero-order valence-electron chi connectivity index (χ0n) is 12.5. The molecular formula is C16H11ClF2N2O4. The topological polar surface area (TPSA) is 84.5 Å². The van der Waals surface area contributed by atoms with E-state index in [4.69, 9.17) is 11.6 Å². The van der Waals surface area contributed by atoms with Crippen molar-refractivity contribution in [3.63, 3.8) is 0 Å². The molecule has 0 aliphatic heterocycles. The first kappa shape index (κ1) is 18.3. The summed E-state index contributed by atoms with van der Waals surface area (Å²) in [5, 5.41) is 0.0997. The maximum absolute atomic E-state index is 13.5. The molecule has 0 aliphatic carbocycles. The first-order chi connectivity index (χ1) is 11.9. The molecule has 0 radical (unpaired) electrons. The molecule has 0 aliphatic rings. The number of hydrogen-bond donors (Lipinski definition) is 2. The van der Waals surface area contributed by atoms with Gasteiger partial charge in [0.2, 0.25) is 0 Å². The van der Waals surface area contributed by atoms with Gasteiger partial charge in [-0.05, 0) is 30.3 Å². The van der Waals surface area contributed by atoms with Crippen molar-refractivity contribution >= 4 is 29.4 Å². The number of halogens is 3. The summed E-state index contributed by atoms with van der Waals surface area (Å²) in [7, 11) is 0. The summed E-state index contributed by atoms with van der Waals surface area (Å²) in [6, 6.07) is 8.47. The number of ether oxygens (including phenoxy) is 1. The fourth-order valence-electron chi connectivity index (χ4n) is 1.74. The molecule has 0 atom stereocenters. The Bertz CT molecular complexity index is 830. The lowest BCUT2D eigenvalue weighted by molar-refractivity contribution is -0.125. The van der Waals surface area contributed by atoms with Crippen LogP contribution in [0.2, 0.25) is 5.02 Å². The minimum atomic E-state index is -1.08. The standard InChI is InChI=1S/C16H11ClF2N2O4/c17-9-5-6-11(13(19)7-9)16(24)25-8-14(22)20-21-15(23)10-3-1-2-4-12(10)18/h1-7H,8H2,(H,20,22)(H,21,23). The van der Waals surface area contributed by atoms with Crippen molar-refractivity contribution in [2.24, 2.45) is 0 Å². The van der Waals surface area contributed by atoms with E-state index in [-0.39, 0.29) is 10.6 Å². The van der Waals surface area contributed by atoms with Crippen molar-refractivity contribution in [2.45, 2.75) is 0 Å². The lowest BCUT2D eigenvalue weighted by Gasteiger charge is -2.09. The Hall–Kier alpha value is -3.00. The van der Waals surface area contributed by atoms with E-state index in [2.05, 4.69) is 4.74 Å². The molecule has 0 saturated heterocycles. The smallest absolute Gasteiger partial charge is 0.341 e. The molecule has 0 unspecified atom stereocenters. The van der Waals surface area contributed by atoms with E-state index in [1.807, 2.05) is 10.9 Å². The van der Waals surface area contributed by atoms with Gasteiger partial charge in [0, 0.05) is 5.02 Å². The zero-order valence-corrected chi connectivity index (χ0v) is 13.3. The van der Waals surface area contributed by atoms with Gasteiger partial charge in [-0.3, -0.25) is 20.4 Å². The number of esters is 1. The predicted molar refractivity (Wildman–Crippen MR) is 83.7 cm³/mol.